The van der Waals surface area contributed by atoms with Crippen LogP contribution in [0, 0.1) is 18.8 Å². The summed E-state index contributed by atoms with van der Waals surface area (Å²) in [7, 11) is -3.45. The molecule has 0 aliphatic carbocycles. The third-order valence-corrected chi connectivity index (χ3v) is 7.34. The van der Waals surface area contributed by atoms with Crippen LogP contribution in [0.15, 0.2) is 29.2 Å². The average Bonchev–Trinajstić information content (AvgIpc) is 2.61. The van der Waals surface area contributed by atoms with E-state index in [2.05, 4.69) is 6.92 Å². The van der Waals surface area contributed by atoms with Gasteiger partial charge >= 0.3 is 0 Å². The molecule has 0 radical (unpaired) electrons. The van der Waals surface area contributed by atoms with Gasteiger partial charge in [-0.15, -0.1) is 0 Å². The summed E-state index contributed by atoms with van der Waals surface area (Å²) < 4.78 is 27.0. The van der Waals surface area contributed by atoms with Crippen LogP contribution in [-0.2, 0) is 14.8 Å². The number of likely N-dealkylation sites (tertiary alicyclic amines) is 1. The van der Waals surface area contributed by atoms with Gasteiger partial charge in [-0.1, -0.05) is 24.6 Å². The second-order valence-electron chi connectivity index (χ2n) is 7.52. The summed E-state index contributed by atoms with van der Waals surface area (Å²) in [4.78, 5) is 15.1. The van der Waals surface area contributed by atoms with E-state index in [4.69, 9.17) is 0 Å². The zero-order valence-corrected chi connectivity index (χ0v) is 16.0. The monoisotopic (exact) mass is 364 g/mol. The molecular weight excluding hydrogens is 336 g/mol. The molecule has 25 heavy (non-hydrogen) atoms. The Labute approximate surface area is 151 Å². The molecule has 3 rings (SSSR count). The normalized spacial score (nSPS) is 23.6. The van der Waals surface area contributed by atoms with E-state index < -0.39 is 10.0 Å². The van der Waals surface area contributed by atoms with Gasteiger partial charge in [0.05, 0.1) is 4.90 Å². The highest BCUT2D eigenvalue weighted by atomic mass is 32.2. The largest absolute Gasteiger partial charge is 0.342 e. The first-order valence-corrected chi connectivity index (χ1v) is 10.7. The van der Waals surface area contributed by atoms with Gasteiger partial charge in [-0.05, 0) is 50.7 Å². The number of hydrogen-bond acceptors (Lipinski definition) is 3. The lowest BCUT2D eigenvalue weighted by Crippen LogP contribution is -2.46. The van der Waals surface area contributed by atoms with Crippen molar-refractivity contribution in [1.29, 1.82) is 0 Å². The highest BCUT2D eigenvalue weighted by molar-refractivity contribution is 7.89. The summed E-state index contributed by atoms with van der Waals surface area (Å²) in [5.74, 6) is 0.758. The zero-order chi connectivity index (χ0) is 18.0. The Kier molecular flexibility index (Phi) is 5.49. The molecule has 1 atom stereocenters. The lowest BCUT2D eigenvalue weighted by atomic mass is 9.93. The second-order valence-corrected chi connectivity index (χ2v) is 9.46. The SMILES string of the molecule is Cc1ccc(S(=O)(=O)N2CCC(C(=O)N3CCC[C@H](C)C3)CC2)cc1. The summed E-state index contributed by atoms with van der Waals surface area (Å²) in [6.45, 7) is 6.68. The van der Waals surface area contributed by atoms with Crippen molar-refractivity contribution in [2.45, 2.75) is 44.4 Å². The first kappa shape index (κ1) is 18.4. The molecule has 2 aliphatic rings. The third kappa shape index (κ3) is 4.06. The molecule has 2 heterocycles. The summed E-state index contributed by atoms with van der Waals surface area (Å²) in [5, 5.41) is 0. The van der Waals surface area contributed by atoms with Crippen LogP contribution in [0.25, 0.3) is 0 Å². The van der Waals surface area contributed by atoms with Gasteiger partial charge in [0.25, 0.3) is 0 Å². The fraction of sp³-hybridized carbons (Fsp3) is 0.632. The van der Waals surface area contributed by atoms with Gasteiger partial charge in [-0.25, -0.2) is 8.42 Å². The molecule has 2 fully saturated rings. The minimum Gasteiger partial charge on any atom is -0.342 e. The first-order chi connectivity index (χ1) is 11.9. The quantitative estimate of drug-likeness (QED) is 0.828. The molecule has 138 valence electrons. The van der Waals surface area contributed by atoms with Gasteiger partial charge in [-0.2, -0.15) is 4.31 Å². The predicted octanol–water partition coefficient (Wildman–Crippen LogP) is 2.65. The zero-order valence-electron chi connectivity index (χ0n) is 15.1. The van der Waals surface area contributed by atoms with E-state index in [9.17, 15) is 13.2 Å². The topological polar surface area (TPSA) is 57.7 Å². The number of rotatable bonds is 3. The lowest BCUT2D eigenvalue weighted by Gasteiger charge is -2.36. The molecule has 5 nitrogen and oxygen atoms in total. The van der Waals surface area contributed by atoms with Crippen LogP contribution in [0.4, 0.5) is 0 Å². The van der Waals surface area contributed by atoms with Crippen molar-refractivity contribution in [1.82, 2.24) is 9.21 Å². The Hall–Kier alpha value is -1.40. The van der Waals surface area contributed by atoms with Crippen molar-refractivity contribution < 1.29 is 13.2 Å². The first-order valence-electron chi connectivity index (χ1n) is 9.23. The number of piperidine rings is 2. The fourth-order valence-corrected chi connectivity index (χ4v) is 5.32. The fourth-order valence-electron chi connectivity index (χ4n) is 3.85. The summed E-state index contributed by atoms with van der Waals surface area (Å²) in [6, 6.07) is 6.97. The Morgan fingerprint density at radius 1 is 1.04 bits per heavy atom. The Bertz CT molecular complexity index is 707. The number of nitrogens with zero attached hydrogens (tertiary/aromatic N) is 2. The number of carbonyl (C=O) groups is 1. The molecule has 2 aliphatic heterocycles. The minimum absolute atomic E-state index is 0.0326. The van der Waals surface area contributed by atoms with Crippen molar-refractivity contribution in [3.63, 3.8) is 0 Å². The number of carbonyl (C=O) groups excluding carboxylic acids is 1. The van der Waals surface area contributed by atoms with Crippen LogP contribution in [-0.4, -0.2) is 49.7 Å². The number of aryl methyl sites for hydroxylation is 1. The smallest absolute Gasteiger partial charge is 0.243 e. The average molecular weight is 365 g/mol. The maximum absolute atomic E-state index is 12.8. The molecule has 0 N–H and O–H groups in total. The van der Waals surface area contributed by atoms with E-state index in [1.165, 1.54) is 10.7 Å². The standard InChI is InChI=1S/C19H28N2O3S/c1-15-5-7-18(8-6-15)25(23,24)21-12-9-17(10-13-21)19(22)20-11-3-4-16(2)14-20/h5-8,16-17H,3-4,9-14H2,1-2H3/t16-/m0/s1. The van der Waals surface area contributed by atoms with Crippen LogP contribution in [0.2, 0.25) is 0 Å². The van der Waals surface area contributed by atoms with E-state index in [0.29, 0.717) is 36.7 Å². The highest BCUT2D eigenvalue weighted by Gasteiger charge is 2.34. The molecule has 0 saturated carbocycles. The molecule has 0 spiro atoms. The van der Waals surface area contributed by atoms with Gasteiger partial charge < -0.3 is 4.90 Å². The molecule has 2 saturated heterocycles. The Morgan fingerprint density at radius 2 is 1.68 bits per heavy atom. The van der Waals surface area contributed by atoms with Gasteiger partial charge in [0.1, 0.15) is 0 Å². The summed E-state index contributed by atoms with van der Waals surface area (Å²) >= 11 is 0. The van der Waals surface area contributed by atoms with Crippen LogP contribution in [0.3, 0.4) is 0 Å². The molecular formula is C19H28N2O3S. The highest BCUT2D eigenvalue weighted by Crippen LogP contribution is 2.27. The summed E-state index contributed by atoms with van der Waals surface area (Å²) in [5.41, 5.74) is 1.04. The summed E-state index contributed by atoms with van der Waals surface area (Å²) in [6.07, 6.45) is 3.51. The second kappa shape index (κ2) is 7.46. The number of benzene rings is 1. The maximum atomic E-state index is 12.8. The van der Waals surface area contributed by atoms with E-state index in [1.807, 2.05) is 24.0 Å². The van der Waals surface area contributed by atoms with Crippen LogP contribution >= 0.6 is 0 Å². The predicted molar refractivity (Wildman–Crippen MR) is 97.6 cm³/mol. The van der Waals surface area contributed by atoms with Crippen molar-refractivity contribution >= 4 is 15.9 Å². The molecule has 0 bridgehead atoms. The van der Waals surface area contributed by atoms with Gasteiger partial charge in [0.15, 0.2) is 0 Å². The van der Waals surface area contributed by atoms with E-state index >= 15 is 0 Å². The molecule has 1 aromatic rings. The van der Waals surface area contributed by atoms with Crippen molar-refractivity contribution in [3.05, 3.63) is 29.8 Å². The molecule has 1 aromatic carbocycles. The third-order valence-electron chi connectivity index (χ3n) is 5.43. The Morgan fingerprint density at radius 3 is 2.28 bits per heavy atom. The van der Waals surface area contributed by atoms with Crippen LogP contribution in [0.1, 0.15) is 38.2 Å². The van der Waals surface area contributed by atoms with Gasteiger partial charge in [-0.3, -0.25) is 4.79 Å². The number of sulfonamides is 1. The van der Waals surface area contributed by atoms with Crippen molar-refractivity contribution in [2.24, 2.45) is 11.8 Å². The molecule has 6 heteroatoms. The number of amides is 1. The lowest BCUT2D eigenvalue weighted by molar-refractivity contribution is -0.138. The molecule has 1 amide bonds. The molecule has 0 aromatic heterocycles. The van der Waals surface area contributed by atoms with E-state index in [1.54, 1.807) is 12.1 Å². The number of hydrogen-bond donors (Lipinski definition) is 0. The van der Waals surface area contributed by atoms with Gasteiger partial charge in [0, 0.05) is 32.1 Å². The maximum Gasteiger partial charge on any atom is 0.243 e. The van der Waals surface area contributed by atoms with Gasteiger partial charge in [0.2, 0.25) is 15.9 Å². The minimum atomic E-state index is -3.45. The van der Waals surface area contributed by atoms with Crippen molar-refractivity contribution in [3.8, 4) is 0 Å². The van der Waals surface area contributed by atoms with Crippen LogP contribution in [0.5, 0.6) is 0 Å². The van der Waals surface area contributed by atoms with E-state index in [-0.39, 0.29) is 11.8 Å². The Balaban J connectivity index is 1.61. The van der Waals surface area contributed by atoms with E-state index in [0.717, 1.165) is 25.1 Å². The molecule has 0 unspecified atom stereocenters. The van der Waals surface area contributed by atoms with Crippen LogP contribution < -0.4 is 0 Å². The van der Waals surface area contributed by atoms with Crippen molar-refractivity contribution in [2.75, 3.05) is 26.2 Å².